The highest BCUT2D eigenvalue weighted by Gasteiger charge is 2.40. The predicted molar refractivity (Wildman–Crippen MR) is 130 cm³/mol. The van der Waals surface area contributed by atoms with Crippen LogP contribution in [-0.4, -0.2) is 66.9 Å². The lowest BCUT2D eigenvalue weighted by atomic mass is 9.98. The number of amides is 2. The Kier molecular flexibility index (Phi) is 7.40. The maximum absolute atomic E-state index is 13.3. The van der Waals surface area contributed by atoms with Gasteiger partial charge in [-0.2, -0.15) is 0 Å². The number of carboxylic acids is 1. The molecular formula is C27H32N2O6. The number of likely N-dealkylation sites (N-methyl/N-ethyl adjacent to an activating group) is 1. The van der Waals surface area contributed by atoms with E-state index in [1.165, 1.54) is 4.90 Å². The normalized spacial score (nSPS) is 19.7. The number of benzene rings is 2. The summed E-state index contributed by atoms with van der Waals surface area (Å²) in [6.45, 7) is 4.28. The zero-order valence-electron chi connectivity index (χ0n) is 20.3. The van der Waals surface area contributed by atoms with E-state index in [1.807, 2.05) is 50.2 Å². The first-order chi connectivity index (χ1) is 16.8. The van der Waals surface area contributed by atoms with Crippen molar-refractivity contribution in [3.05, 3.63) is 59.7 Å². The first-order valence-electron chi connectivity index (χ1n) is 12.0. The number of nitrogens with zero attached hydrogens (tertiary/aromatic N) is 1. The van der Waals surface area contributed by atoms with Crippen LogP contribution >= 0.6 is 0 Å². The van der Waals surface area contributed by atoms with Crippen molar-refractivity contribution < 1.29 is 29.0 Å². The van der Waals surface area contributed by atoms with Gasteiger partial charge in [0, 0.05) is 13.0 Å². The van der Waals surface area contributed by atoms with Gasteiger partial charge in [-0.25, -0.2) is 4.79 Å². The van der Waals surface area contributed by atoms with Crippen LogP contribution in [0.4, 0.5) is 4.79 Å². The van der Waals surface area contributed by atoms with E-state index >= 15 is 0 Å². The molecule has 2 aromatic carbocycles. The average Bonchev–Trinajstić information content (AvgIpc) is 3.45. The van der Waals surface area contributed by atoms with E-state index in [2.05, 4.69) is 17.4 Å². The smallest absolute Gasteiger partial charge is 0.407 e. The number of nitrogens with one attached hydrogen (secondary N) is 1. The number of fused-ring (bicyclic) bond motifs is 3. The topological polar surface area (TPSA) is 105 Å². The number of hydrogen-bond acceptors (Lipinski definition) is 5. The summed E-state index contributed by atoms with van der Waals surface area (Å²) in [7, 11) is 1.56. The summed E-state index contributed by atoms with van der Waals surface area (Å²) in [5.74, 6) is -2.10. The molecule has 0 saturated carbocycles. The molecule has 1 fully saturated rings. The standard InChI is InChI=1S/C27H32N2O6/c1-16(2)12-23(25(30)29(3)24-15-34-13-22(24)26(31)32)28-27(33)35-14-21-19-10-6-4-8-17(19)18-9-5-7-11-20(18)21/h4-11,16,21-24H,12-15H2,1-3H3,(H,28,33)(H,31,32)/t22?,23-,24?/m0/s1. The second kappa shape index (κ2) is 10.5. The molecule has 186 valence electrons. The molecule has 0 spiro atoms. The fourth-order valence-corrected chi connectivity index (χ4v) is 5.05. The Morgan fingerprint density at radius 2 is 1.66 bits per heavy atom. The van der Waals surface area contributed by atoms with Crippen molar-refractivity contribution in [1.82, 2.24) is 10.2 Å². The van der Waals surface area contributed by atoms with Crippen LogP contribution in [0.2, 0.25) is 0 Å². The van der Waals surface area contributed by atoms with Gasteiger partial charge in [0.25, 0.3) is 0 Å². The third-order valence-electron chi connectivity index (χ3n) is 6.85. The molecule has 0 radical (unpaired) electrons. The van der Waals surface area contributed by atoms with E-state index < -0.39 is 30.1 Å². The number of rotatable bonds is 8. The van der Waals surface area contributed by atoms with Crippen molar-refractivity contribution in [2.45, 2.75) is 38.3 Å². The van der Waals surface area contributed by atoms with Gasteiger partial charge in [0.05, 0.1) is 19.3 Å². The molecule has 8 heteroatoms. The highest BCUT2D eigenvalue weighted by molar-refractivity contribution is 5.86. The van der Waals surface area contributed by atoms with Crippen molar-refractivity contribution >= 4 is 18.0 Å². The Balaban J connectivity index is 1.43. The summed E-state index contributed by atoms with van der Waals surface area (Å²) in [5, 5.41) is 12.2. The first kappa shape index (κ1) is 24.7. The Labute approximate surface area is 205 Å². The second-order valence-electron chi connectivity index (χ2n) is 9.65. The fraction of sp³-hybridized carbons (Fsp3) is 0.444. The zero-order valence-corrected chi connectivity index (χ0v) is 20.3. The second-order valence-corrected chi connectivity index (χ2v) is 9.65. The molecule has 0 bridgehead atoms. The lowest BCUT2D eigenvalue weighted by Gasteiger charge is -2.31. The summed E-state index contributed by atoms with van der Waals surface area (Å²) >= 11 is 0. The minimum atomic E-state index is -1.00. The van der Waals surface area contributed by atoms with Crippen LogP contribution in [-0.2, 0) is 19.1 Å². The van der Waals surface area contributed by atoms with Crippen molar-refractivity contribution in [3.63, 3.8) is 0 Å². The molecule has 2 aromatic rings. The van der Waals surface area contributed by atoms with Crippen LogP contribution in [0.1, 0.15) is 37.3 Å². The first-order valence-corrected chi connectivity index (χ1v) is 12.0. The summed E-state index contributed by atoms with van der Waals surface area (Å²) in [5.41, 5.74) is 4.49. The molecule has 1 aliphatic carbocycles. The Bertz CT molecular complexity index is 1060. The molecule has 2 amide bonds. The molecule has 2 N–H and O–H groups in total. The molecular weight excluding hydrogens is 448 g/mol. The van der Waals surface area contributed by atoms with E-state index in [-0.39, 0.29) is 37.6 Å². The lowest BCUT2D eigenvalue weighted by molar-refractivity contribution is -0.145. The van der Waals surface area contributed by atoms with Crippen LogP contribution in [0.5, 0.6) is 0 Å². The minimum Gasteiger partial charge on any atom is -0.481 e. The van der Waals surface area contributed by atoms with E-state index in [0.29, 0.717) is 6.42 Å². The molecule has 35 heavy (non-hydrogen) atoms. The van der Waals surface area contributed by atoms with Crippen molar-refractivity contribution in [3.8, 4) is 11.1 Å². The number of carbonyl (C=O) groups is 3. The molecule has 1 aliphatic heterocycles. The van der Waals surface area contributed by atoms with Crippen molar-refractivity contribution in [2.75, 3.05) is 26.9 Å². The van der Waals surface area contributed by atoms with Gasteiger partial charge in [0.2, 0.25) is 5.91 Å². The van der Waals surface area contributed by atoms with Crippen LogP contribution < -0.4 is 5.32 Å². The average molecular weight is 481 g/mol. The monoisotopic (exact) mass is 480 g/mol. The van der Waals surface area contributed by atoms with Crippen LogP contribution in [0.3, 0.4) is 0 Å². The number of carboxylic acid groups (broad SMARTS) is 1. The van der Waals surface area contributed by atoms with E-state index in [9.17, 15) is 19.5 Å². The van der Waals surface area contributed by atoms with Gasteiger partial charge < -0.3 is 24.8 Å². The van der Waals surface area contributed by atoms with E-state index in [0.717, 1.165) is 22.3 Å². The van der Waals surface area contributed by atoms with E-state index in [1.54, 1.807) is 7.05 Å². The van der Waals surface area contributed by atoms with Gasteiger partial charge >= 0.3 is 12.1 Å². The largest absolute Gasteiger partial charge is 0.481 e. The van der Waals surface area contributed by atoms with Crippen LogP contribution in [0, 0.1) is 11.8 Å². The van der Waals surface area contributed by atoms with E-state index in [4.69, 9.17) is 9.47 Å². The molecule has 0 aromatic heterocycles. The summed E-state index contributed by atoms with van der Waals surface area (Å²) in [4.78, 5) is 39.0. The molecule has 2 aliphatic rings. The molecule has 4 rings (SSSR count). The molecule has 1 heterocycles. The number of hydrogen-bond donors (Lipinski definition) is 2. The van der Waals surface area contributed by atoms with Crippen LogP contribution in [0.15, 0.2) is 48.5 Å². The van der Waals surface area contributed by atoms with Gasteiger partial charge in [-0.15, -0.1) is 0 Å². The van der Waals surface area contributed by atoms with Crippen LogP contribution in [0.25, 0.3) is 11.1 Å². The minimum absolute atomic E-state index is 0.0618. The van der Waals surface area contributed by atoms with Crippen molar-refractivity contribution in [1.29, 1.82) is 0 Å². The molecule has 1 saturated heterocycles. The van der Waals surface area contributed by atoms with Gasteiger partial charge in [-0.1, -0.05) is 62.4 Å². The summed E-state index contributed by atoms with van der Waals surface area (Å²) in [6, 6.07) is 14.8. The zero-order chi connectivity index (χ0) is 25.1. The number of carbonyl (C=O) groups excluding carboxylic acids is 2. The van der Waals surface area contributed by atoms with Gasteiger partial charge in [-0.05, 0) is 34.6 Å². The Hall–Kier alpha value is -3.39. The fourth-order valence-electron chi connectivity index (χ4n) is 5.05. The number of alkyl carbamates (subject to hydrolysis) is 1. The lowest BCUT2D eigenvalue weighted by Crippen LogP contribution is -2.53. The third kappa shape index (κ3) is 5.17. The Morgan fingerprint density at radius 3 is 2.23 bits per heavy atom. The summed E-state index contributed by atoms with van der Waals surface area (Å²) < 4.78 is 10.9. The maximum Gasteiger partial charge on any atom is 0.407 e. The Morgan fingerprint density at radius 1 is 1.06 bits per heavy atom. The van der Waals surface area contributed by atoms with Crippen molar-refractivity contribution in [2.24, 2.45) is 11.8 Å². The predicted octanol–water partition coefficient (Wildman–Crippen LogP) is 3.50. The van der Waals surface area contributed by atoms with Gasteiger partial charge in [0.15, 0.2) is 0 Å². The number of aliphatic carboxylic acids is 1. The SMILES string of the molecule is CC(C)C[C@H](NC(=O)OCC1c2ccccc2-c2ccccc21)C(=O)N(C)C1COCC1C(=O)O. The summed E-state index contributed by atoms with van der Waals surface area (Å²) in [6.07, 6.45) is -0.268. The number of ether oxygens (including phenoxy) is 2. The quantitative estimate of drug-likeness (QED) is 0.599. The highest BCUT2D eigenvalue weighted by atomic mass is 16.5. The molecule has 3 atom stereocenters. The van der Waals surface area contributed by atoms with Gasteiger partial charge in [0.1, 0.15) is 18.6 Å². The third-order valence-corrected chi connectivity index (χ3v) is 6.85. The molecule has 8 nitrogen and oxygen atoms in total. The molecule has 2 unspecified atom stereocenters. The highest BCUT2D eigenvalue weighted by Crippen LogP contribution is 2.44. The van der Waals surface area contributed by atoms with Gasteiger partial charge in [-0.3, -0.25) is 9.59 Å². The maximum atomic E-state index is 13.3.